The summed E-state index contributed by atoms with van der Waals surface area (Å²) in [6.45, 7) is 0. The third-order valence-corrected chi connectivity index (χ3v) is 4.30. The van der Waals surface area contributed by atoms with Gasteiger partial charge in [0.2, 0.25) is 0 Å². The van der Waals surface area contributed by atoms with E-state index in [0.717, 1.165) is 0 Å². The van der Waals surface area contributed by atoms with Crippen LogP contribution in [0.25, 0.3) is 0 Å². The highest BCUT2D eigenvalue weighted by molar-refractivity contribution is 7.99. The molecule has 1 fully saturated rings. The lowest BCUT2D eigenvalue weighted by atomic mass is 10.2. The number of hydrogen-bond donors (Lipinski definition) is 1. The number of anilines is 1. The maximum Gasteiger partial charge on any atom is 0.0359 e. The predicted octanol–water partition coefficient (Wildman–Crippen LogP) is 3.33. The Hall–Kier alpha value is -0.280. The van der Waals surface area contributed by atoms with Crippen LogP contribution in [0, 0.1) is 0 Å². The predicted molar refractivity (Wildman–Crippen MR) is 67.6 cm³/mol. The molecule has 3 heteroatoms. The molecule has 0 aromatic heterocycles. The standard InChI is InChI=1S/C11H15NS2/c1-13-11-4-2-9(3-5-11)12-10-6-7-14-8-10/h2-5,10,12H,6-8H2,1H3/t10-/m1/s1. The number of benzene rings is 1. The van der Waals surface area contributed by atoms with Crippen LogP contribution in [0.4, 0.5) is 5.69 Å². The monoisotopic (exact) mass is 225 g/mol. The average Bonchev–Trinajstić information content (AvgIpc) is 2.72. The second-order valence-electron chi connectivity index (χ2n) is 3.43. The van der Waals surface area contributed by atoms with Crippen molar-refractivity contribution in [2.24, 2.45) is 0 Å². The molecular formula is C11H15NS2. The van der Waals surface area contributed by atoms with E-state index < -0.39 is 0 Å². The zero-order valence-corrected chi connectivity index (χ0v) is 9.96. The van der Waals surface area contributed by atoms with Gasteiger partial charge in [-0.25, -0.2) is 0 Å². The molecule has 0 aliphatic carbocycles. The fourth-order valence-electron chi connectivity index (χ4n) is 1.57. The summed E-state index contributed by atoms with van der Waals surface area (Å²) in [6, 6.07) is 9.38. The van der Waals surface area contributed by atoms with E-state index in [-0.39, 0.29) is 0 Å². The normalized spacial score (nSPS) is 21.1. The van der Waals surface area contributed by atoms with Crippen molar-refractivity contribution in [2.75, 3.05) is 23.1 Å². The molecule has 0 saturated carbocycles. The molecule has 0 radical (unpaired) electrons. The topological polar surface area (TPSA) is 12.0 Å². The van der Waals surface area contributed by atoms with Crippen molar-refractivity contribution in [3.8, 4) is 0 Å². The molecule has 0 unspecified atom stereocenters. The number of hydrogen-bond acceptors (Lipinski definition) is 3. The zero-order chi connectivity index (χ0) is 9.80. The Balaban J connectivity index is 1.95. The molecule has 1 aromatic rings. The average molecular weight is 225 g/mol. The summed E-state index contributed by atoms with van der Waals surface area (Å²) in [5, 5.41) is 3.56. The fraction of sp³-hybridized carbons (Fsp3) is 0.455. The lowest BCUT2D eigenvalue weighted by Gasteiger charge is -2.12. The summed E-state index contributed by atoms with van der Waals surface area (Å²) in [6.07, 6.45) is 3.41. The SMILES string of the molecule is CSc1ccc(N[C@@H]2CCSC2)cc1. The fourth-order valence-corrected chi connectivity index (χ4v) is 3.13. The summed E-state index contributed by atoms with van der Waals surface area (Å²) in [5.74, 6) is 2.56. The van der Waals surface area contributed by atoms with Crippen molar-refractivity contribution in [3.63, 3.8) is 0 Å². The molecular weight excluding hydrogens is 210 g/mol. The Kier molecular flexibility index (Phi) is 3.65. The van der Waals surface area contributed by atoms with Gasteiger partial charge < -0.3 is 5.32 Å². The summed E-state index contributed by atoms with van der Waals surface area (Å²) in [7, 11) is 0. The van der Waals surface area contributed by atoms with Crippen molar-refractivity contribution in [1.82, 2.24) is 0 Å². The van der Waals surface area contributed by atoms with E-state index in [1.807, 2.05) is 11.8 Å². The highest BCUT2D eigenvalue weighted by Crippen LogP contribution is 2.23. The van der Waals surface area contributed by atoms with Crippen LogP contribution < -0.4 is 5.32 Å². The summed E-state index contributed by atoms with van der Waals surface area (Å²) in [4.78, 5) is 1.33. The third-order valence-electron chi connectivity index (χ3n) is 2.39. The molecule has 0 spiro atoms. The van der Waals surface area contributed by atoms with E-state index in [1.165, 1.54) is 28.5 Å². The Morgan fingerprint density at radius 2 is 2.14 bits per heavy atom. The second-order valence-corrected chi connectivity index (χ2v) is 5.46. The summed E-state index contributed by atoms with van der Waals surface area (Å²) < 4.78 is 0. The summed E-state index contributed by atoms with van der Waals surface area (Å²) in [5.41, 5.74) is 1.26. The van der Waals surface area contributed by atoms with Crippen molar-refractivity contribution in [2.45, 2.75) is 17.4 Å². The van der Waals surface area contributed by atoms with Crippen LogP contribution in [-0.4, -0.2) is 23.8 Å². The van der Waals surface area contributed by atoms with Gasteiger partial charge in [-0.1, -0.05) is 0 Å². The van der Waals surface area contributed by atoms with E-state index in [4.69, 9.17) is 0 Å². The first-order valence-corrected chi connectivity index (χ1v) is 7.25. The molecule has 0 bridgehead atoms. The van der Waals surface area contributed by atoms with Gasteiger partial charge >= 0.3 is 0 Å². The Labute approximate surface area is 94.0 Å². The minimum absolute atomic E-state index is 0.681. The molecule has 1 N–H and O–H groups in total. The van der Waals surface area contributed by atoms with Crippen LogP contribution in [0.1, 0.15) is 6.42 Å². The lowest BCUT2D eigenvalue weighted by molar-refractivity contribution is 0.813. The number of nitrogens with one attached hydrogen (secondary N) is 1. The van der Waals surface area contributed by atoms with Gasteiger partial charge in [-0.05, 0) is 42.7 Å². The maximum atomic E-state index is 3.56. The molecule has 1 saturated heterocycles. The Morgan fingerprint density at radius 1 is 1.36 bits per heavy atom. The minimum atomic E-state index is 0.681. The number of rotatable bonds is 3. The van der Waals surface area contributed by atoms with Gasteiger partial charge in [-0.15, -0.1) is 11.8 Å². The first-order valence-electron chi connectivity index (χ1n) is 4.87. The van der Waals surface area contributed by atoms with Gasteiger partial charge in [-0.3, -0.25) is 0 Å². The molecule has 76 valence electrons. The molecule has 1 heterocycles. The molecule has 1 aliphatic heterocycles. The van der Waals surface area contributed by atoms with Crippen LogP contribution >= 0.6 is 23.5 Å². The van der Waals surface area contributed by atoms with E-state index >= 15 is 0 Å². The van der Waals surface area contributed by atoms with Crippen LogP contribution in [0.15, 0.2) is 29.2 Å². The van der Waals surface area contributed by atoms with Gasteiger partial charge in [0.15, 0.2) is 0 Å². The van der Waals surface area contributed by atoms with Crippen LogP contribution in [0.3, 0.4) is 0 Å². The van der Waals surface area contributed by atoms with Gasteiger partial charge in [-0.2, -0.15) is 11.8 Å². The molecule has 1 aliphatic rings. The Bertz CT molecular complexity index is 278. The van der Waals surface area contributed by atoms with E-state index in [0.29, 0.717) is 6.04 Å². The highest BCUT2D eigenvalue weighted by atomic mass is 32.2. The number of thioether (sulfide) groups is 2. The molecule has 1 nitrogen and oxygen atoms in total. The maximum absolute atomic E-state index is 3.56. The van der Waals surface area contributed by atoms with Crippen molar-refractivity contribution >= 4 is 29.2 Å². The van der Waals surface area contributed by atoms with Gasteiger partial charge in [0.25, 0.3) is 0 Å². The third kappa shape index (κ3) is 2.61. The van der Waals surface area contributed by atoms with Crippen LogP contribution in [0.5, 0.6) is 0 Å². The van der Waals surface area contributed by atoms with E-state index in [1.54, 1.807) is 11.8 Å². The molecule has 14 heavy (non-hydrogen) atoms. The molecule has 1 atom stereocenters. The second kappa shape index (κ2) is 4.99. The largest absolute Gasteiger partial charge is 0.381 e. The van der Waals surface area contributed by atoms with Crippen molar-refractivity contribution < 1.29 is 0 Å². The van der Waals surface area contributed by atoms with Crippen LogP contribution in [-0.2, 0) is 0 Å². The van der Waals surface area contributed by atoms with Crippen molar-refractivity contribution in [3.05, 3.63) is 24.3 Å². The Morgan fingerprint density at radius 3 is 2.71 bits per heavy atom. The zero-order valence-electron chi connectivity index (χ0n) is 8.32. The van der Waals surface area contributed by atoms with E-state index in [2.05, 4.69) is 35.8 Å². The highest BCUT2D eigenvalue weighted by Gasteiger charge is 2.14. The first kappa shape index (κ1) is 10.2. The first-order chi connectivity index (χ1) is 6.88. The van der Waals surface area contributed by atoms with Gasteiger partial charge in [0.05, 0.1) is 0 Å². The molecule has 1 aromatic carbocycles. The lowest BCUT2D eigenvalue weighted by Crippen LogP contribution is -2.17. The summed E-state index contributed by atoms with van der Waals surface area (Å²) >= 11 is 3.83. The smallest absolute Gasteiger partial charge is 0.0359 e. The minimum Gasteiger partial charge on any atom is -0.381 e. The van der Waals surface area contributed by atoms with Gasteiger partial charge in [0, 0.05) is 22.4 Å². The molecule has 0 amide bonds. The van der Waals surface area contributed by atoms with Gasteiger partial charge in [0.1, 0.15) is 0 Å². The van der Waals surface area contributed by atoms with Crippen molar-refractivity contribution in [1.29, 1.82) is 0 Å². The quantitative estimate of drug-likeness (QED) is 0.793. The molecule has 2 rings (SSSR count). The van der Waals surface area contributed by atoms with E-state index in [9.17, 15) is 0 Å². The van der Waals surface area contributed by atoms with Crippen LogP contribution in [0.2, 0.25) is 0 Å².